The van der Waals surface area contributed by atoms with Crippen molar-refractivity contribution in [1.82, 2.24) is 0 Å². The van der Waals surface area contributed by atoms with Gasteiger partial charge in [0.1, 0.15) is 30.5 Å². The second-order valence-corrected chi connectivity index (χ2v) is 14.4. The zero-order chi connectivity index (χ0) is 40.7. The van der Waals surface area contributed by atoms with Crippen molar-refractivity contribution < 1.29 is 44.2 Å². The molecule has 0 spiro atoms. The van der Waals surface area contributed by atoms with Crippen LogP contribution in [0.2, 0.25) is 0 Å². The Morgan fingerprint density at radius 1 is 0.571 bits per heavy atom. The van der Waals surface area contributed by atoms with E-state index >= 15 is 0 Å². The van der Waals surface area contributed by atoms with Crippen molar-refractivity contribution >= 4 is 5.97 Å². The lowest BCUT2D eigenvalue weighted by molar-refractivity contribution is -0.305. The maximum atomic E-state index is 12.8. The predicted octanol–water partition coefficient (Wildman–Crippen LogP) is 9.47. The van der Waals surface area contributed by atoms with Crippen molar-refractivity contribution in [1.29, 1.82) is 0 Å². The molecule has 6 atom stereocenters. The standard InChI is InChI=1S/C47H78O9/c1-3-5-7-9-11-13-15-17-19-21-22-24-26-28-30-32-34-36-43(49)55-41(40-54-47-46(52)45(51)44(50)42(38-48)56-47)39-53-37-35-33-31-29-27-25-23-20-18-16-14-12-10-8-6-4-2/h5-8,11-14,17-20,22,24,41-42,44-48,50-52H,3-4,9-10,15-16,21,23,25-40H2,1-2H3/b7-5-,8-6-,13-11-,14-12-,19-17-,20-18-,24-22-. The highest BCUT2D eigenvalue weighted by molar-refractivity contribution is 5.69. The van der Waals surface area contributed by atoms with Gasteiger partial charge >= 0.3 is 5.97 Å². The zero-order valence-corrected chi connectivity index (χ0v) is 34.8. The molecule has 0 amide bonds. The van der Waals surface area contributed by atoms with Crippen LogP contribution in [0.25, 0.3) is 0 Å². The molecule has 6 unspecified atom stereocenters. The quantitative estimate of drug-likeness (QED) is 0.0282. The molecule has 9 heteroatoms. The average molecular weight is 787 g/mol. The zero-order valence-electron chi connectivity index (χ0n) is 34.8. The van der Waals surface area contributed by atoms with Crippen molar-refractivity contribution in [2.24, 2.45) is 0 Å². The van der Waals surface area contributed by atoms with Gasteiger partial charge < -0.3 is 39.4 Å². The van der Waals surface area contributed by atoms with Crippen LogP contribution in [-0.2, 0) is 23.7 Å². The Balaban J connectivity index is 2.32. The molecule has 56 heavy (non-hydrogen) atoms. The second-order valence-electron chi connectivity index (χ2n) is 14.4. The molecule has 1 aliphatic heterocycles. The van der Waals surface area contributed by atoms with E-state index in [-0.39, 0.29) is 25.6 Å². The summed E-state index contributed by atoms with van der Waals surface area (Å²) >= 11 is 0. The molecule has 1 rings (SSSR count). The minimum atomic E-state index is -1.55. The monoisotopic (exact) mass is 787 g/mol. The highest BCUT2D eigenvalue weighted by atomic mass is 16.7. The molecule has 0 aliphatic carbocycles. The third-order valence-electron chi connectivity index (χ3n) is 9.31. The molecule has 1 fully saturated rings. The Labute approximate surface area is 339 Å². The number of ether oxygens (including phenoxy) is 4. The number of carbonyl (C=O) groups excluding carboxylic acids is 1. The Morgan fingerprint density at radius 2 is 1.04 bits per heavy atom. The van der Waals surface area contributed by atoms with Crippen LogP contribution >= 0.6 is 0 Å². The van der Waals surface area contributed by atoms with Crippen LogP contribution in [0.1, 0.15) is 142 Å². The van der Waals surface area contributed by atoms with E-state index in [0.29, 0.717) is 6.61 Å². The summed E-state index contributed by atoms with van der Waals surface area (Å²) in [5, 5.41) is 40.1. The summed E-state index contributed by atoms with van der Waals surface area (Å²) < 4.78 is 22.8. The number of unbranched alkanes of at least 4 members (excludes halogenated alkanes) is 10. The maximum absolute atomic E-state index is 12.8. The van der Waals surface area contributed by atoms with E-state index in [9.17, 15) is 25.2 Å². The molecule has 0 aromatic carbocycles. The maximum Gasteiger partial charge on any atom is 0.306 e. The van der Waals surface area contributed by atoms with Gasteiger partial charge in [0.15, 0.2) is 6.29 Å². The molecule has 320 valence electrons. The Morgan fingerprint density at radius 3 is 1.55 bits per heavy atom. The molecular weight excluding hydrogens is 709 g/mol. The van der Waals surface area contributed by atoms with Crippen LogP contribution in [0.4, 0.5) is 0 Å². The van der Waals surface area contributed by atoms with Crippen LogP contribution in [0.15, 0.2) is 85.1 Å². The summed E-state index contributed by atoms with van der Waals surface area (Å²) in [6, 6.07) is 0. The number of allylic oxidation sites excluding steroid dienone is 14. The SMILES string of the molecule is CC/C=C\C/C=C\C/C=C\C/C=C\CCCCCCC(=O)OC(COCCCCCCCC/C=C\C/C=C\C/C=C\CC)COC1OC(CO)C(O)C(O)C1O. The van der Waals surface area contributed by atoms with Gasteiger partial charge in [0, 0.05) is 13.0 Å². The number of carbonyl (C=O) groups is 1. The van der Waals surface area contributed by atoms with Crippen LogP contribution < -0.4 is 0 Å². The molecule has 9 nitrogen and oxygen atoms in total. The Hall–Kier alpha value is -2.63. The smallest absolute Gasteiger partial charge is 0.306 e. The van der Waals surface area contributed by atoms with Crippen LogP contribution in [0, 0.1) is 0 Å². The van der Waals surface area contributed by atoms with Crippen molar-refractivity contribution in [3.8, 4) is 0 Å². The molecule has 0 aromatic heterocycles. The van der Waals surface area contributed by atoms with Gasteiger partial charge in [-0.15, -0.1) is 0 Å². The lowest BCUT2D eigenvalue weighted by atomic mass is 9.99. The van der Waals surface area contributed by atoms with Gasteiger partial charge in [-0.05, 0) is 83.5 Å². The first kappa shape index (κ1) is 51.4. The number of aliphatic hydroxyl groups is 4. The van der Waals surface area contributed by atoms with E-state index in [1.54, 1.807) is 0 Å². The highest BCUT2D eigenvalue weighted by Gasteiger charge is 2.44. The van der Waals surface area contributed by atoms with Gasteiger partial charge in [-0.1, -0.05) is 137 Å². The molecule has 0 bridgehead atoms. The molecule has 0 aromatic rings. The van der Waals surface area contributed by atoms with Gasteiger partial charge in [0.05, 0.1) is 19.8 Å². The lowest BCUT2D eigenvalue weighted by Gasteiger charge is -2.39. The van der Waals surface area contributed by atoms with E-state index in [1.807, 2.05) is 0 Å². The van der Waals surface area contributed by atoms with E-state index < -0.39 is 43.4 Å². The molecule has 0 radical (unpaired) electrons. The first-order chi connectivity index (χ1) is 27.4. The largest absolute Gasteiger partial charge is 0.457 e. The van der Waals surface area contributed by atoms with Crippen molar-refractivity contribution in [3.05, 3.63) is 85.1 Å². The summed E-state index contributed by atoms with van der Waals surface area (Å²) in [6.07, 6.45) is 43.2. The van der Waals surface area contributed by atoms with E-state index in [2.05, 4.69) is 98.9 Å². The van der Waals surface area contributed by atoms with Gasteiger partial charge in [-0.3, -0.25) is 4.79 Å². The average Bonchev–Trinajstić information content (AvgIpc) is 3.20. The van der Waals surface area contributed by atoms with Gasteiger partial charge in [0.25, 0.3) is 0 Å². The Bertz CT molecular complexity index is 1120. The van der Waals surface area contributed by atoms with E-state index in [4.69, 9.17) is 18.9 Å². The molecule has 1 aliphatic rings. The first-order valence-electron chi connectivity index (χ1n) is 21.7. The minimum Gasteiger partial charge on any atom is -0.457 e. The summed E-state index contributed by atoms with van der Waals surface area (Å²) in [4.78, 5) is 12.8. The second kappa shape index (κ2) is 37.9. The van der Waals surface area contributed by atoms with Crippen LogP contribution in [0.5, 0.6) is 0 Å². The molecular formula is C47H78O9. The number of hydrogen-bond acceptors (Lipinski definition) is 9. The van der Waals surface area contributed by atoms with Crippen LogP contribution in [0.3, 0.4) is 0 Å². The van der Waals surface area contributed by atoms with Crippen molar-refractivity contribution in [3.63, 3.8) is 0 Å². The van der Waals surface area contributed by atoms with E-state index in [0.717, 1.165) is 103 Å². The lowest BCUT2D eigenvalue weighted by Crippen LogP contribution is -2.59. The molecule has 0 saturated carbocycles. The fourth-order valence-electron chi connectivity index (χ4n) is 5.97. The van der Waals surface area contributed by atoms with Gasteiger partial charge in [-0.25, -0.2) is 0 Å². The van der Waals surface area contributed by atoms with Gasteiger partial charge in [-0.2, -0.15) is 0 Å². The number of hydrogen-bond donors (Lipinski definition) is 4. The molecule has 4 N–H and O–H groups in total. The van der Waals surface area contributed by atoms with Crippen LogP contribution in [-0.4, -0.2) is 89.6 Å². The fourth-order valence-corrected chi connectivity index (χ4v) is 5.97. The van der Waals surface area contributed by atoms with Gasteiger partial charge in [0.2, 0.25) is 0 Å². The summed E-state index contributed by atoms with van der Waals surface area (Å²) in [6.45, 7) is 4.25. The van der Waals surface area contributed by atoms with E-state index in [1.165, 1.54) is 19.3 Å². The molecule has 1 saturated heterocycles. The molecule has 1 heterocycles. The third kappa shape index (κ3) is 28.7. The minimum absolute atomic E-state index is 0.120. The summed E-state index contributed by atoms with van der Waals surface area (Å²) in [5.74, 6) is -0.346. The summed E-state index contributed by atoms with van der Waals surface area (Å²) in [5.41, 5.74) is 0. The predicted molar refractivity (Wildman–Crippen MR) is 228 cm³/mol. The number of esters is 1. The normalized spacial score (nSPS) is 21.4. The number of aliphatic hydroxyl groups excluding tert-OH is 4. The van der Waals surface area contributed by atoms with Crippen molar-refractivity contribution in [2.45, 2.75) is 179 Å². The third-order valence-corrected chi connectivity index (χ3v) is 9.31. The summed E-state index contributed by atoms with van der Waals surface area (Å²) in [7, 11) is 0. The first-order valence-corrected chi connectivity index (χ1v) is 21.7. The fraction of sp³-hybridized carbons (Fsp3) is 0.681. The topological polar surface area (TPSA) is 135 Å². The Kier molecular flexibility index (Phi) is 34.8. The number of rotatable bonds is 35. The highest BCUT2D eigenvalue weighted by Crippen LogP contribution is 2.22. The van der Waals surface area contributed by atoms with Crippen molar-refractivity contribution in [2.75, 3.05) is 26.4 Å².